The molecular formula is C24H25N3O2S2. The Bertz CT molecular complexity index is 999. The van der Waals surface area contributed by atoms with E-state index in [0.29, 0.717) is 0 Å². The van der Waals surface area contributed by atoms with E-state index in [1.54, 1.807) is 0 Å². The lowest BCUT2D eigenvalue weighted by atomic mass is 9.74. The Morgan fingerprint density at radius 3 is 1.90 bits per heavy atom. The van der Waals surface area contributed by atoms with E-state index in [-0.39, 0.29) is 41.4 Å². The zero-order valence-electron chi connectivity index (χ0n) is 17.8. The predicted octanol–water partition coefficient (Wildman–Crippen LogP) is 5.10. The van der Waals surface area contributed by atoms with Crippen molar-refractivity contribution in [1.29, 1.82) is 0 Å². The van der Waals surface area contributed by atoms with Crippen LogP contribution in [0.1, 0.15) is 42.1 Å². The Balaban J connectivity index is 1.74. The Kier molecular flexibility index (Phi) is 6.53. The average molecular weight is 452 g/mol. The van der Waals surface area contributed by atoms with Crippen LogP contribution < -0.4 is 0 Å². The molecule has 2 heterocycles. The van der Waals surface area contributed by atoms with Crippen LogP contribution in [-0.4, -0.2) is 32.5 Å². The quantitative estimate of drug-likeness (QED) is 0.505. The lowest BCUT2D eigenvalue weighted by Gasteiger charge is -2.48. The zero-order chi connectivity index (χ0) is 22.0. The highest BCUT2D eigenvalue weighted by atomic mass is 32.2. The minimum atomic E-state index is -0.306. The molecule has 2 aromatic carbocycles. The van der Waals surface area contributed by atoms with Crippen molar-refractivity contribution in [2.75, 3.05) is 5.75 Å². The molecule has 4 rings (SSSR count). The zero-order valence-corrected chi connectivity index (χ0v) is 19.4. The second-order valence-corrected chi connectivity index (χ2v) is 10.3. The fourth-order valence-corrected chi connectivity index (χ4v) is 6.11. The molecule has 1 aliphatic heterocycles. The summed E-state index contributed by atoms with van der Waals surface area (Å²) in [6, 6.07) is 19.2. The molecule has 7 heteroatoms. The second-order valence-electron chi connectivity index (χ2n) is 7.87. The number of rotatable bonds is 5. The number of Topliss-reactive ketones (excluding diaryl/α,β-unsaturated/α-hetero) is 1. The van der Waals surface area contributed by atoms with E-state index in [4.69, 9.17) is 0 Å². The monoisotopic (exact) mass is 451 g/mol. The summed E-state index contributed by atoms with van der Waals surface area (Å²) < 4.78 is 0.785. The fourth-order valence-electron chi connectivity index (χ4n) is 4.42. The van der Waals surface area contributed by atoms with Crippen molar-refractivity contribution in [2.24, 2.45) is 11.8 Å². The fraction of sp³-hybridized carbons (Fsp3) is 0.333. The van der Waals surface area contributed by atoms with Gasteiger partial charge in [0.1, 0.15) is 10.8 Å². The van der Waals surface area contributed by atoms with Gasteiger partial charge < -0.3 is 4.90 Å². The number of carbonyl (C=O) groups excluding carboxylic acids is 2. The van der Waals surface area contributed by atoms with Gasteiger partial charge in [0.25, 0.3) is 0 Å². The van der Waals surface area contributed by atoms with E-state index in [1.807, 2.05) is 86.3 Å². The number of hydrogen-bond acceptors (Lipinski definition) is 6. The van der Waals surface area contributed by atoms with Crippen LogP contribution in [0.5, 0.6) is 0 Å². The molecule has 1 aromatic heterocycles. The van der Waals surface area contributed by atoms with E-state index in [2.05, 4.69) is 10.2 Å². The van der Waals surface area contributed by atoms with Crippen LogP contribution >= 0.6 is 23.1 Å². The van der Waals surface area contributed by atoms with Gasteiger partial charge in [-0.1, -0.05) is 97.6 Å². The minimum absolute atomic E-state index is 0.00626. The van der Waals surface area contributed by atoms with Crippen LogP contribution in [-0.2, 0) is 9.59 Å². The van der Waals surface area contributed by atoms with Gasteiger partial charge in [0.2, 0.25) is 5.91 Å². The Hall–Kier alpha value is -2.51. The van der Waals surface area contributed by atoms with Gasteiger partial charge >= 0.3 is 0 Å². The van der Waals surface area contributed by atoms with Crippen molar-refractivity contribution in [3.05, 3.63) is 76.8 Å². The molecule has 1 fully saturated rings. The molecule has 0 unspecified atom stereocenters. The molecule has 1 aliphatic rings. The van der Waals surface area contributed by atoms with Crippen LogP contribution in [0.2, 0.25) is 0 Å². The molecule has 0 spiro atoms. The first-order valence-corrected chi connectivity index (χ1v) is 12.1. The van der Waals surface area contributed by atoms with Gasteiger partial charge in [0.05, 0.1) is 17.8 Å². The number of ketones is 1. The summed E-state index contributed by atoms with van der Waals surface area (Å²) in [7, 11) is 0. The molecule has 0 radical (unpaired) electrons. The lowest BCUT2D eigenvalue weighted by Crippen LogP contribution is -2.52. The molecule has 0 aliphatic carbocycles. The molecule has 1 saturated heterocycles. The smallest absolute Gasteiger partial charge is 0.234 e. The molecule has 3 aromatic rings. The molecule has 0 N–H and O–H groups in total. The Morgan fingerprint density at radius 1 is 0.935 bits per heavy atom. The molecular weight excluding hydrogens is 426 g/mol. The molecule has 0 saturated carbocycles. The van der Waals surface area contributed by atoms with Crippen LogP contribution in [0, 0.1) is 18.8 Å². The van der Waals surface area contributed by atoms with E-state index in [9.17, 15) is 9.59 Å². The highest BCUT2D eigenvalue weighted by Crippen LogP contribution is 2.46. The highest BCUT2D eigenvalue weighted by Gasteiger charge is 2.47. The van der Waals surface area contributed by atoms with Gasteiger partial charge in [-0.15, -0.1) is 10.2 Å². The normalized spacial score (nSPS) is 23.7. The lowest BCUT2D eigenvalue weighted by molar-refractivity contribution is -0.149. The van der Waals surface area contributed by atoms with Crippen molar-refractivity contribution in [2.45, 2.75) is 37.2 Å². The third-order valence-corrected chi connectivity index (χ3v) is 7.80. The number of carbonyl (C=O) groups is 2. The first-order valence-electron chi connectivity index (χ1n) is 10.3. The average Bonchev–Trinajstić information content (AvgIpc) is 3.22. The van der Waals surface area contributed by atoms with E-state index in [1.165, 1.54) is 23.1 Å². The van der Waals surface area contributed by atoms with Crippen LogP contribution in [0.4, 0.5) is 0 Å². The van der Waals surface area contributed by atoms with Gasteiger partial charge in [0, 0.05) is 11.8 Å². The van der Waals surface area contributed by atoms with Gasteiger partial charge in [-0.3, -0.25) is 9.59 Å². The number of amides is 1. The Morgan fingerprint density at radius 2 is 1.45 bits per heavy atom. The summed E-state index contributed by atoms with van der Waals surface area (Å²) in [4.78, 5) is 28.9. The number of likely N-dealkylation sites (tertiary alicyclic amines) is 1. The van der Waals surface area contributed by atoms with Crippen molar-refractivity contribution in [3.8, 4) is 0 Å². The van der Waals surface area contributed by atoms with Crippen molar-refractivity contribution < 1.29 is 9.59 Å². The number of aryl methyl sites for hydroxylation is 1. The largest absolute Gasteiger partial charge is 0.326 e. The molecule has 1 amide bonds. The van der Waals surface area contributed by atoms with Crippen molar-refractivity contribution >= 4 is 34.8 Å². The molecule has 5 nitrogen and oxygen atoms in total. The molecule has 31 heavy (non-hydrogen) atoms. The Labute approximate surface area is 190 Å². The summed E-state index contributed by atoms with van der Waals surface area (Å²) in [5.74, 6) is -0.106. The maximum Gasteiger partial charge on any atom is 0.234 e. The SMILES string of the molecule is Cc1nnc(SCC(=O)N2[C@H](c3ccccc3)[C@@H](C)C(=O)[C@@H](C)[C@@H]2c2ccccc2)s1. The summed E-state index contributed by atoms with van der Waals surface area (Å²) in [6.07, 6.45) is 0. The van der Waals surface area contributed by atoms with Gasteiger partial charge in [-0.05, 0) is 18.1 Å². The van der Waals surface area contributed by atoms with Crippen molar-refractivity contribution in [1.82, 2.24) is 15.1 Å². The number of benzene rings is 2. The number of piperidine rings is 1. The second kappa shape index (κ2) is 9.32. The number of hydrogen-bond donors (Lipinski definition) is 0. The van der Waals surface area contributed by atoms with E-state index < -0.39 is 0 Å². The maximum atomic E-state index is 13.7. The van der Waals surface area contributed by atoms with Gasteiger partial charge in [-0.25, -0.2) is 0 Å². The number of thioether (sulfide) groups is 1. The maximum absolute atomic E-state index is 13.7. The van der Waals surface area contributed by atoms with Gasteiger partial charge in [0.15, 0.2) is 4.34 Å². The molecule has 0 bridgehead atoms. The topological polar surface area (TPSA) is 63.2 Å². The van der Waals surface area contributed by atoms with Crippen LogP contribution in [0.3, 0.4) is 0 Å². The van der Waals surface area contributed by atoms with Crippen molar-refractivity contribution in [3.63, 3.8) is 0 Å². The highest BCUT2D eigenvalue weighted by molar-refractivity contribution is 8.01. The number of nitrogens with zero attached hydrogens (tertiary/aromatic N) is 3. The predicted molar refractivity (Wildman–Crippen MR) is 124 cm³/mol. The van der Waals surface area contributed by atoms with Crippen LogP contribution in [0.25, 0.3) is 0 Å². The first kappa shape index (κ1) is 21.7. The first-order chi connectivity index (χ1) is 15.0. The number of aromatic nitrogens is 2. The summed E-state index contributed by atoms with van der Waals surface area (Å²) in [6.45, 7) is 5.79. The van der Waals surface area contributed by atoms with Crippen LogP contribution in [0.15, 0.2) is 65.0 Å². The molecule has 160 valence electrons. The third kappa shape index (κ3) is 4.43. The third-order valence-electron chi connectivity index (χ3n) is 5.84. The minimum Gasteiger partial charge on any atom is -0.326 e. The summed E-state index contributed by atoms with van der Waals surface area (Å²) >= 11 is 2.90. The summed E-state index contributed by atoms with van der Waals surface area (Å²) in [5, 5.41) is 9.06. The van der Waals surface area contributed by atoms with E-state index >= 15 is 0 Å². The molecule has 4 atom stereocenters. The van der Waals surface area contributed by atoms with Gasteiger partial charge in [-0.2, -0.15) is 0 Å². The van der Waals surface area contributed by atoms with E-state index in [0.717, 1.165) is 20.5 Å². The summed E-state index contributed by atoms with van der Waals surface area (Å²) in [5.41, 5.74) is 1.97. The standard InChI is InChI=1S/C24H25N3O2S2/c1-15-21(18-10-6-4-7-11-18)27(20(28)14-30-24-26-25-17(3)31-24)22(16(2)23(15)29)19-12-8-5-9-13-19/h4-13,15-16,21-22H,14H2,1-3H3/t15-,16+,21+,22-.